The average molecular weight is 397 g/mol. The van der Waals surface area contributed by atoms with Crippen molar-refractivity contribution in [3.8, 4) is 5.75 Å². The van der Waals surface area contributed by atoms with Crippen molar-refractivity contribution < 1.29 is 9.53 Å². The van der Waals surface area contributed by atoms with Crippen LogP contribution < -0.4 is 4.74 Å². The molecule has 3 aromatic rings. The first-order valence-electron chi connectivity index (χ1n) is 9.43. The van der Waals surface area contributed by atoms with Crippen LogP contribution in [0.4, 0.5) is 0 Å². The summed E-state index contributed by atoms with van der Waals surface area (Å²) in [6.45, 7) is 4.01. The molecule has 0 bridgehead atoms. The number of hydrogen-bond acceptors (Lipinski definition) is 2. The molecule has 4 nitrogen and oxygen atoms in total. The van der Waals surface area contributed by atoms with Crippen LogP contribution in [0.2, 0.25) is 5.02 Å². The van der Waals surface area contributed by atoms with E-state index in [0.29, 0.717) is 25.2 Å². The normalized spacial score (nSPS) is 10.7. The number of carbonyl (C=O) groups excluding carboxylic acids is 1. The molecule has 0 saturated heterocycles. The summed E-state index contributed by atoms with van der Waals surface area (Å²) in [5.74, 6) is 0.766. The van der Waals surface area contributed by atoms with Crippen LogP contribution in [0.15, 0.2) is 66.9 Å². The highest BCUT2D eigenvalue weighted by atomic mass is 35.5. The fraction of sp³-hybridized carbons (Fsp3) is 0.261. The van der Waals surface area contributed by atoms with E-state index in [1.165, 1.54) is 0 Å². The first-order valence-corrected chi connectivity index (χ1v) is 9.81. The lowest BCUT2D eigenvalue weighted by molar-refractivity contribution is 0.0739. The molecular weight excluding hydrogens is 372 g/mol. The molecule has 28 heavy (non-hydrogen) atoms. The standard InChI is InChI=1S/C23H25ClN2O2/c1-3-14-26(23(27)18-10-12-21(28-2)13-11-18)17-20-8-6-15-25(20)16-19-7-4-5-9-22(19)24/h4-13,15H,3,14,16-17H2,1-2H3. The Labute approximate surface area is 171 Å². The number of aromatic nitrogens is 1. The molecule has 3 rings (SSSR count). The minimum atomic E-state index is 0.0231. The second-order valence-electron chi connectivity index (χ2n) is 6.67. The third-order valence-electron chi connectivity index (χ3n) is 4.69. The highest BCUT2D eigenvalue weighted by molar-refractivity contribution is 6.31. The molecule has 0 atom stereocenters. The summed E-state index contributed by atoms with van der Waals surface area (Å²) in [4.78, 5) is 14.9. The van der Waals surface area contributed by atoms with Crippen LogP contribution in [0.5, 0.6) is 5.75 Å². The fourth-order valence-corrected chi connectivity index (χ4v) is 3.39. The molecule has 5 heteroatoms. The van der Waals surface area contributed by atoms with E-state index in [4.69, 9.17) is 16.3 Å². The van der Waals surface area contributed by atoms with Gasteiger partial charge in [-0.2, -0.15) is 0 Å². The summed E-state index contributed by atoms with van der Waals surface area (Å²) in [6.07, 6.45) is 2.92. The van der Waals surface area contributed by atoms with E-state index in [1.54, 1.807) is 7.11 Å². The Bertz CT molecular complexity index is 918. The Morgan fingerprint density at radius 1 is 1.07 bits per heavy atom. The number of amides is 1. The molecule has 0 N–H and O–H groups in total. The lowest BCUT2D eigenvalue weighted by Gasteiger charge is -2.23. The van der Waals surface area contributed by atoms with Crippen molar-refractivity contribution in [3.05, 3.63) is 88.7 Å². The lowest BCUT2D eigenvalue weighted by atomic mass is 10.1. The third kappa shape index (κ3) is 4.76. The molecule has 146 valence electrons. The topological polar surface area (TPSA) is 34.5 Å². The molecular formula is C23H25ClN2O2. The number of rotatable bonds is 8. The molecule has 1 aromatic heterocycles. The Morgan fingerprint density at radius 2 is 1.82 bits per heavy atom. The van der Waals surface area contributed by atoms with Gasteiger partial charge in [0.2, 0.25) is 0 Å². The number of nitrogens with zero attached hydrogens (tertiary/aromatic N) is 2. The molecule has 2 aromatic carbocycles. The zero-order chi connectivity index (χ0) is 19.9. The predicted octanol–water partition coefficient (Wildman–Crippen LogP) is 5.25. The van der Waals surface area contributed by atoms with Crippen molar-refractivity contribution in [2.45, 2.75) is 26.4 Å². The maximum absolute atomic E-state index is 13.0. The first kappa shape index (κ1) is 20.0. The summed E-state index contributed by atoms with van der Waals surface area (Å²) in [6, 6.07) is 19.2. The van der Waals surface area contributed by atoms with E-state index in [-0.39, 0.29) is 5.91 Å². The molecule has 0 radical (unpaired) electrons. The molecule has 1 amide bonds. The highest BCUT2D eigenvalue weighted by Crippen LogP contribution is 2.19. The van der Waals surface area contributed by atoms with Gasteiger partial charge < -0.3 is 14.2 Å². The Morgan fingerprint density at radius 3 is 2.50 bits per heavy atom. The van der Waals surface area contributed by atoms with Crippen molar-refractivity contribution in [2.75, 3.05) is 13.7 Å². The van der Waals surface area contributed by atoms with Crippen molar-refractivity contribution in [1.82, 2.24) is 9.47 Å². The summed E-state index contributed by atoms with van der Waals surface area (Å²) < 4.78 is 7.33. The van der Waals surface area contributed by atoms with Crippen LogP contribution in [0.1, 0.15) is 35.0 Å². The van der Waals surface area contributed by atoms with Crippen LogP contribution in [-0.4, -0.2) is 29.0 Å². The Kier molecular flexibility index (Phi) is 6.77. The van der Waals surface area contributed by atoms with Crippen LogP contribution in [0.25, 0.3) is 0 Å². The van der Waals surface area contributed by atoms with E-state index in [9.17, 15) is 4.79 Å². The Hall–Kier alpha value is -2.72. The minimum absolute atomic E-state index is 0.0231. The van der Waals surface area contributed by atoms with Crippen LogP contribution in [0.3, 0.4) is 0 Å². The summed E-state index contributed by atoms with van der Waals surface area (Å²) in [5, 5.41) is 0.752. The molecule has 0 fully saturated rings. The van der Waals surface area contributed by atoms with Crippen LogP contribution in [0, 0.1) is 0 Å². The molecule has 0 saturated carbocycles. The lowest BCUT2D eigenvalue weighted by Crippen LogP contribution is -2.32. The molecule has 0 unspecified atom stereocenters. The van der Waals surface area contributed by atoms with Crippen molar-refractivity contribution >= 4 is 17.5 Å². The maximum Gasteiger partial charge on any atom is 0.254 e. The van der Waals surface area contributed by atoms with Gasteiger partial charge in [-0.15, -0.1) is 0 Å². The van der Waals surface area contributed by atoms with Gasteiger partial charge >= 0.3 is 0 Å². The molecule has 0 aliphatic rings. The number of carbonyl (C=O) groups is 1. The third-order valence-corrected chi connectivity index (χ3v) is 5.06. The molecule has 1 heterocycles. The maximum atomic E-state index is 13.0. The van der Waals surface area contributed by atoms with Crippen molar-refractivity contribution in [1.29, 1.82) is 0 Å². The van der Waals surface area contributed by atoms with Crippen LogP contribution in [-0.2, 0) is 13.1 Å². The zero-order valence-corrected chi connectivity index (χ0v) is 17.0. The van der Waals surface area contributed by atoms with Gasteiger partial charge in [-0.05, 0) is 54.4 Å². The monoisotopic (exact) mass is 396 g/mol. The van der Waals surface area contributed by atoms with E-state index in [0.717, 1.165) is 28.5 Å². The second kappa shape index (κ2) is 9.47. The van der Waals surface area contributed by atoms with E-state index in [1.807, 2.05) is 65.7 Å². The molecule has 0 aliphatic heterocycles. The van der Waals surface area contributed by atoms with Crippen molar-refractivity contribution in [2.24, 2.45) is 0 Å². The summed E-state index contributed by atoms with van der Waals surface area (Å²) in [7, 11) is 1.62. The van der Waals surface area contributed by atoms with E-state index < -0.39 is 0 Å². The number of hydrogen-bond donors (Lipinski definition) is 0. The summed E-state index contributed by atoms with van der Waals surface area (Å²) in [5.41, 5.74) is 2.80. The van der Waals surface area contributed by atoms with Crippen molar-refractivity contribution in [3.63, 3.8) is 0 Å². The number of benzene rings is 2. The second-order valence-corrected chi connectivity index (χ2v) is 7.08. The number of halogens is 1. The zero-order valence-electron chi connectivity index (χ0n) is 16.3. The average Bonchev–Trinajstić information content (AvgIpc) is 3.15. The SMILES string of the molecule is CCCN(Cc1cccn1Cc1ccccc1Cl)C(=O)c1ccc(OC)cc1. The van der Waals surface area contributed by atoms with Gasteiger partial charge in [-0.25, -0.2) is 0 Å². The number of methoxy groups -OCH3 is 1. The summed E-state index contributed by atoms with van der Waals surface area (Å²) >= 11 is 6.32. The van der Waals surface area contributed by atoms with Gasteiger partial charge in [-0.1, -0.05) is 36.7 Å². The fourth-order valence-electron chi connectivity index (χ4n) is 3.19. The largest absolute Gasteiger partial charge is 0.497 e. The predicted molar refractivity (Wildman–Crippen MR) is 113 cm³/mol. The van der Waals surface area contributed by atoms with Gasteiger partial charge in [0.25, 0.3) is 5.91 Å². The van der Waals surface area contributed by atoms with E-state index in [2.05, 4.69) is 17.6 Å². The van der Waals surface area contributed by atoms with Gasteiger partial charge in [0.15, 0.2) is 0 Å². The number of ether oxygens (including phenoxy) is 1. The molecule has 0 aliphatic carbocycles. The first-order chi connectivity index (χ1) is 13.6. The molecule has 0 spiro atoms. The van der Waals surface area contributed by atoms with Gasteiger partial charge in [-0.3, -0.25) is 4.79 Å². The van der Waals surface area contributed by atoms with Gasteiger partial charge in [0.1, 0.15) is 5.75 Å². The van der Waals surface area contributed by atoms with E-state index >= 15 is 0 Å². The Balaban J connectivity index is 1.78. The van der Waals surface area contributed by atoms with Gasteiger partial charge in [0, 0.05) is 35.6 Å². The minimum Gasteiger partial charge on any atom is -0.497 e. The smallest absolute Gasteiger partial charge is 0.254 e. The van der Waals surface area contributed by atoms with Crippen LogP contribution >= 0.6 is 11.6 Å². The highest BCUT2D eigenvalue weighted by Gasteiger charge is 2.17. The quantitative estimate of drug-likeness (QED) is 0.521. The van der Waals surface area contributed by atoms with Gasteiger partial charge in [0.05, 0.1) is 13.7 Å².